The first-order valence-corrected chi connectivity index (χ1v) is 7.58. The average Bonchev–Trinajstić information content (AvgIpc) is 2.97. The van der Waals surface area contributed by atoms with Crippen LogP contribution in [0.5, 0.6) is 5.75 Å². The Morgan fingerprint density at radius 2 is 2.13 bits per heavy atom. The lowest BCUT2D eigenvalue weighted by molar-refractivity contribution is -0.123. The van der Waals surface area contributed by atoms with E-state index in [0.29, 0.717) is 17.3 Å². The Hall–Kier alpha value is -2.53. The monoisotopic (exact) mass is 329 g/mol. The van der Waals surface area contributed by atoms with Crippen molar-refractivity contribution in [3.8, 4) is 5.75 Å². The Kier molecular flexibility index (Phi) is 4.48. The fraction of sp³-hybridized carbons (Fsp3) is 0.176. The molecule has 3 rings (SSSR count). The molecule has 1 aromatic carbocycles. The van der Waals surface area contributed by atoms with Gasteiger partial charge in [-0.2, -0.15) is 0 Å². The van der Waals surface area contributed by atoms with E-state index in [1.54, 1.807) is 24.3 Å². The molecular weight excluding hydrogens is 314 g/mol. The van der Waals surface area contributed by atoms with Gasteiger partial charge in [-0.15, -0.1) is 0 Å². The average molecular weight is 330 g/mol. The number of aromatic nitrogens is 2. The number of rotatable bonds is 5. The number of ether oxygens (including phenoxy) is 1. The molecule has 23 heavy (non-hydrogen) atoms. The van der Waals surface area contributed by atoms with Crippen LogP contribution in [0.25, 0.3) is 5.65 Å². The van der Waals surface area contributed by atoms with E-state index in [4.69, 9.17) is 16.3 Å². The van der Waals surface area contributed by atoms with Crippen LogP contribution >= 0.6 is 11.6 Å². The second-order valence-corrected chi connectivity index (χ2v) is 5.56. The van der Waals surface area contributed by atoms with E-state index in [9.17, 15) is 4.79 Å². The fourth-order valence-corrected chi connectivity index (χ4v) is 2.43. The van der Waals surface area contributed by atoms with Gasteiger partial charge in [-0.25, -0.2) is 4.98 Å². The molecule has 0 aliphatic heterocycles. The topological polar surface area (TPSA) is 55.6 Å². The van der Waals surface area contributed by atoms with E-state index < -0.39 is 0 Å². The summed E-state index contributed by atoms with van der Waals surface area (Å²) in [6.07, 6.45) is 3.83. The van der Waals surface area contributed by atoms with Crippen molar-refractivity contribution in [2.24, 2.45) is 0 Å². The van der Waals surface area contributed by atoms with Gasteiger partial charge in [0.25, 0.3) is 5.91 Å². The lowest BCUT2D eigenvalue weighted by Gasteiger charge is -2.07. The van der Waals surface area contributed by atoms with Crippen molar-refractivity contribution in [3.05, 3.63) is 65.1 Å². The van der Waals surface area contributed by atoms with E-state index in [-0.39, 0.29) is 12.5 Å². The van der Waals surface area contributed by atoms with Crippen molar-refractivity contribution in [1.29, 1.82) is 0 Å². The molecule has 0 radical (unpaired) electrons. The third kappa shape index (κ3) is 3.63. The van der Waals surface area contributed by atoms with Gasteiger partial charge in [0.05, 0.1) is 17.3 Å². The predicted molar refractivity (Wildman–Crippen MR) is 88.7 cm³/mol. The zero-order valence-corrected chi connectivity index (χ0v) is 13.4. The van der Waals surface area contributed by atoms with Crippen molar-refractivity contribution >= 4 is 23.2 Å². The van der Waals surface area contributed by atoms with Crippen molar-refractivity contribution in [2.75, 3.05) is 6.61 Å². The Labute approximate surface area is 138 Å². The number of hydrogen-bond acceptors (Lipinski definition) is 3. The van der Waals surface area contributed by atoms with Crippen LogP contribution in [0.2, 0.25) is 5.02 Å². The molecule has 6 heteroatoms. The van der Waals surface area contributed by atoms with Gasteiger partial charge in [0.1, 0.15) is 11.4 Å². The van der Waals surface area contributed by atoms with Crippen LogP contribution in [0.1, 0.15) is 11.3 Å². The molecule has 3 aromatic rings. The highest BCUT2D eigenvalue weighted by Crippen LogP contribution is 2.22. The van der Waals surface area contributed by atoms with Gasteiger partial charge >= 0.3 is 0 Å². The van der Waals surface area contributed by atoms with Gasteiger partial charge in [-0.1, -0.05) is 29.8 Å². The summed E-state index contributed by atoms with van der Waals surface area (Å²) in [5.41, 5.74) is 2.78. The van der Waals surface area contributed by atoms with Gasteiger partial charge in [0, 0.05) is 12.4 Å². The van der Waals surface area contributed by atoms with E-state index in [0.717, 1.165) is 16.9 Å². The zero-order valence-electron chi connectivity index (χ0n) is 12.6. The Morgan fingerprint density at radius 1 is 1.30 bits per heavy atom. The van der Waals surface area contributed by atoms with Gasteiger partial charge in [0.2, 0.25) is 0 Å². The highest BCUT2D eigenvalue weighted by atomic mass is 35.5. The highest BCUT2D eigenvalue weighted by Gasteiger charge is 2.07. The number of amides is 1. The molecule has 0 spiro atoms. The van der Waals surface area contributed by atoms with E-state index in [1.807, 2.05) is 35.9 Å². The highest BCUT2D eigenvalue weighted by molar-refractivity contribution is 6.32. The number of carbonyl (C=O) groups excluding carboxylic acids is 1. The van der Waals surface area contributed by atoms with Crippen LogP contribution in [0.15, 0.2) is 48.8 Å². The molecule has 118 valence electrons. The van der Waals surface area contributed by atoms with Crippen molar-refractivity contribution in [3.63, 3.8) is 0 Å². The van der Waals surface area contributed by atoms with Crippen LogP contribution in [0.3, 0.4) is 0 Å². The first kappa shape index (κ1) is 15.4. The molecule has 0 unspecified atom stereocenters. The summed E-state index contributed by atoms with van der Waals surface area (Å²) in [6, 6.07) is 11.0. The quantitative estimate of drug-likeness (QED) is 0.783. The van der Waals surface area contributed by atoms with Crippen molar-refractivity contribution in [2.45, 2.75) is 13.5 Å². The standard InChI is InChI=1S/C17H16ClN3O2/c1-12-5-4-8-21-10-13(20-17(12)21)9-19-16(22)11-23-15-7-3-2-6-14(15)18/h2-8,10H,9,11H2,1H3,(H,19,22). The molecule has 0 saturated heterocycles. The molecule has 0 aliphatic rings. The number of fused-ring (bicyclic) bond motifs is 1. The second-order valence-electron chi connectivity index (χ2n) is 5.15. The van der Waals surface area contributed by atoms with Crippen LogP contribution < -0.4 is 10.1 Å². The minimum atomic E-state index is -0.223. The summed E-state index contributed by atoms with van der Waals surface area (Å²) in [7, 11) is 0. The normalized spacial score (nSPS) is 10.7. The molecule has 0 fully saturated rings. The molecule has 1 N–H and O–H groups in total. The maximum Gasteiger partial charge on any atom is 0.258 e. The molecule has 0 bridgehead atoms. The smallest absolute Gasteiger partial charge is 0.258 e. The number of aryl methyl sites for hydroxylation is 1. The number of hydrogen-bond donors (Lipinski definition) is 1. The molecule has 0 saturated carbocycles. The molecule has 0 atom stereocenters. The lowest BCUT2D eigenvalue weighted by atomic mass is 10.3. The van der Waals surface area contributed by atoms with Crippen LogP contribution in [-0.4, -0.2) is 21.9 Å². The summed E-state index contributed by atoms with van der Waals surface area (Å²) in [5, 5.41) is 3.27. The van der Waals surface area contributed by atoms with Crippen molar-refractivity contribution < 1.29 is 9.53 Å². The summed E-state index contributed by atoms with van der Waals surface area (Å²) >= 11 is 5.97. The third-order valence-corrected chi connectivity index (χ3v) is 3.70. The first-order valence-electron chi connectivity index (χ1n) is 7.21. The number of nitrogens with zero attached hydrogens (tertiary/aromatic N) is 2. The molecule has 0 aliphatic carbocycles. The van der Waals surface area contributed by atoms with Crippen LogP contribution in [0, 0.1) is 6.92 Å². The van der Waals surface area contributed by atoms with Gasteiger partial charge in [-0.3, -0.25) is 4.79 Å². The van der Waals surface area contributed by atoms with Crippen LogP contribution in [0.4, 0.5) is 0 Å². The summed E-state index contributed by atoms with van der Waals surface area (Å²) in [6.45, 7) is 2.27. The second kappa shape index (κ2) is 6.71. The number of pyridine rings is 1. The number of benzene rings is 1. The molecular formula is C17H16ClN3O2. The number of carbonyl (C=O) groups is 1. The summed E-state index contributed by atoms with van der Waals surface area (Å²) < 4.78 is 7.34. The molecule has 1 amide bonds. The molecule has 2 aromatic heterocycles. The fourth-order valence-electron chi connectivity index (χ4n) is 2.23. The third-order valence-electron chi connectivity index (χ3n) is 3.39. The van der Waals surface area contributed by atoms with E-state index >= 15 is 0 Å². The van der Waals surface area contributed by atoms with Gasteiger partial charge < -0.3 is 14.5 Å². The van der Waals surface area contributed by atoms with Crippen LogP contribution in [-0.2, 0) is 11.3 Å². The predicted octanol–water partition coefficient (Wildman–Crippen LogP) is 2.99. The number of imidazole rings is 1. The van der Waals surface area contributed by atoms with Gasteiger partial charge in [0.15, 0.2) is 6.61 Å². The van der Waals surface area contributed by atoms with Crippen molar-refractivity contribution in [1.82, 2.24) is 14.7 Å². The largest absolute Gasteiger partial charge is 0.482 e. The Balaban J connectivity index is 1.56. The number of halogens is 1. The minimum absolute atomic E-state index is 0.0872. The van der Waals surface area contributed by atoms with E-state index in [2.05, 4.69) is 10.3 Å². The first-order chi connectivity index (χ1) is 11.1. The minimum Gasteiger partial charge on any atom is -0.482 e. The maximum absolute atomic E-state index is 11.9. The molecule has 5 nitrogen and oxygen atoms in total. The zero-order chi connectivity index (χ0) is 16.2. The van der Waals surface area contributed by atoms with Gasteiger partial charge in [-0.05, 0) is 30.7 Å². The Bertz CT molecular complexity index is 845. The maximum atomic E-state index is 11.9. The summed E-state index contributed by atoms with van der Waals surface area (Å²) in [5.74, 6) is 0.270. The van der Waals surface area contributed by atoms with E-state index in [1.165, 1.54) is 0 Å². The Morgan fingerprint density at radius 3 is 2.91 bits per heavy atom. The number of para-hydroxylation sites is 1. The molecule has 2 heterocycles. The number of nitrogens with one attached hydrogen (secondary N) is 1. The SMILES string of the molecule is Cc1cccn2cc(CNC(=O)COc3ccccc3Cl)nc12. The summed E-state index contributed by atoms with van der Waals surface area (Å²) in [4.78, 5) is 16.4. The lowest BCUT2D eigenvalue weighted by Crippen LogP contribution is -2.28.